The first-order chi connectivity index (χ1) is 15.6. The standard InChI is InChI=1S/C25H31N3O4/c1-31-21-14-19-10-13-28(17-23(29)26-16-24(30)27-11-6-7-12-27)25(18-8-4-3-5-9-18)20(19)15-22(21)32-2/h3-5,8-9,14-15,25H,6-7,10-13,16-17H2,1-2H3,(H,26,29). The van der Waals surface area contributed by atoms with Crippen LogP contribution in [0.3, 0.4) is 0 Å². The highest BCUT2D eigenvalue weighted by Crippen LogP contribution is 2.40. The van der Waals surface area contributed by atoms with Crippen LogP contribution in [0.15, 0.2) is 42.5 Å². The second-order valence-electron chi connectivity index (χ2n) is 8.30. The fourth-order valence-corrected chi connectivity index (χ4v) is 4.69. The van der Waals surface area contributed by atoms with Crippen LogP contribution in [0.25, 0.3) is 0 Å². The third kappa shape index (κ3) is 4.72. The van der Waals surface area contributed by atoms with Crippen LogP contribution < -0.4 is 14.8 Å². The summed E-state index contributed by atoms with van der Waals surface area (Å²) in [6, 6.07) is 14.1. The van der Waals surface area contributed by atoms with Crippen LogP contribution in [0.4, 0.5) is 0 Å². The predicted octanol–water partition coefficient (Wildman–Crippen LogP) is 2.39. The van der Waals surface area contributed by atoms with Gasteiger partial charge in [-0.1, -0.05) is 30.3 Å². The van der Waals surface area contributed by atoms with Crippen LogP contribution in [-0.2, 0) is 16.0 Å². The van der Waals surface area contributed by atoms with Crippen molar-refractivity contribution in [3.63, 3.8) is 0 Å². The Hall–Kier alpha value is -3.06. The fraction of sp³-hybridized carbons (Fsp3) is 0.440. The number of fused-ring (bicyclic) bond motifs is 1. The highest BCUT2D eigenvalue weighted by molar-refractivity contribution is 5.85. The van der Waals surface area contributed by atoms with Gasteiger partial charge in [0.15, 0.2) is 11.5 Å². The number of ether oxygens (including phenoxy) is 2. The number of hydrogen-bond donors (Lipinski definition) is 1. The number of benzene rings is 2. The zero-order valence-electron chi connectivity index (χ0n) is 18.8. The molecule has 4 rings (SSSR count). The lowest BCUT2D eigenvalue weighted by Gasteiger charge is -2.37. The number of rotatable bonds is 7. The first-order valence-electron chi connectivity index (χ1n) is 11.2. The Morgan fingerprint density at radius 3 is 2.38 bits per heavy atom. The SMILES string of the molecule is COc1cc2c(cc1OC)C(c1ccccc1)N(CC(=O)NCC(=O)N1CCCC1)CC2. The molecule has 2 aromatic carbocycles. The molecular formula is C25H31N3O4. The Morgan fingerprint density at radius 1 is 1.00 bits per heavy atom. The lowest BCUT2D eigenvalue weighted by molar-refractivity contribution is -0.132. The van der Waals surface area contributed by atoms with Gasteiger partial charge in [0.1, 0.15) is 0 Å². The highest BCUT2D eigenvalue weighted by Gasteiger charge is 2.31. The van der Waals surface area contributed by atoms with Gasteiger partial charge < -0.3 is 19.7 Å². The van der Waals surface area contributed by atoms with Gasteiger partial charge in [-0.3, -0.25) is 14.5 Å². The second kappa shape index (κ2) is 10.0. The normalized spacial score (nSPS) is 18.2. The number of nitrogens with one attached hydrogen (secondary N) is 1. The molecule has 170 valence electrons. The maximum Gasteiger partial charge on any atom is 0.241 e. The number of hydrogen-bond acceptors (Lipinski definition) is 5. The lowest BCUT2D eigenvalue weighted by atomic mass is 9.87. The summed E-state index contributed by atoms with van der Waals surface area (Å²) in [6.07, 6.45) is 2.89. The summed E-state index contributed by atoms with van der Waals surface area (Å²) in [6.45, 7) is 2.60. The lowest BCUT2D eigenvalue weighted by Crippen LogP contribution is -2.45. The number of nitrogens with zero attached hydrogens (tertiary/aromatic N) is 2. The molecule has 1 unspecified atom stereocenters. The van der Waals surface area contributed by atoms with Crippen LogP contribution in [0.2, 0.25) is 0 Å². The van der Waals surface area contributed by atoms with Gasteiger partial charge in [-0.15, -0.1) is 0 Å². The van der Waals surface area contributed by atoms with Crippen molar-refractivity contribution in [2.45, 2.75) is 25.3 Å². The van der Waals surface area contributed by atoms with Crippen molar-refractivity contribution >= 4 is 11.8 Å². The summed E-state index contributed by atoms with van der Waals surface area (Å²) in [5, 5.41) is 2.83. The number of carbonyl (C=O) groups excluding carboxylic acids is 2. The van der Waals surface area contributed by atoms with E-state index in [0.717, 1.165) is 50.0 Å². The van der Waals surface area contributed by atoms with E-state index in [1.807, 2.05) is 35.2 Å². The summed E-state index contributed by atoms with van der Waals surface area (Å²) in [5.41, 5.74) is 3.42. The highest BCUT2D eigenvalue weighted by atomic mass is 16.5. The molecule has 2 aliphatic rings. The molecule has 0 bridgehead atoms. The molecular weight excluding hydrogens is 406 g/mol. The minimum absolute atomic E-state index is 0.00344. The van der Waals surface area contributed by atoms with Crippen molar-refractivity contribution in [3.05, 3.63) is 59.2 Å². The Morgan fingerprint density at radius 2 is 1.69 bits per heavy atom. The van der Waals surface area contributed by atoms with Gasteiger partial charge >= 0.3 is 0 Å². The Balaban J connectivity index is 1.54. The van der Waals surface area contributed by atoms with E-state index in [4.69, 9.17) is 9.47 Å². The first kappa shape index (κ1) is 22.1. The van der Waals surface area contributed by atoms with E-state index >= 15 is 0 Å². The fourth-order valence-electron chi connectivity index (χ4n) is 4.69. The van der Waals surface area contributed by atoms with E-state index in [-0.39, 0.29) is 30.9 Å². The molecule has 2 aliphatic heterocycles. The van der Waals surface area contributed by atoms with Crippen molar-refractivity contribution in [2.75, 3.05) is 46.9 Å². The van der Waals surface area contributed by atoms with Gasteiger partial charge in [0.05, 0.1) is 33.4 Å². The molecule has 2 aromatic rings. The molecule has 2 heterocycles. The molecule has 2 amide bonds. The summed E-state index contributed by atoms with van der Waals surface area (Å²) in [5.74, 6) is 1.25. The van der Waals surface area contributed by atoms with Gasteiger partial charge in [0, 0.05) is 19.6 Å². The summed E-state index contributed by atoms with van der Waals surface area (Å²) < 4.78 is 11.0. The van der Waals surface area contributed by atoms with E-state index in [2.05, 4.69) is 22.3 Å². The van der Waals surface area contributed by atoms with Crippen LogP contribution in [0.5, 0.6) is 11.5 Å². The van der Waals surface area contributed by atoms with E-state index in [1.165, 1.54) is 5.56 Å². The predicted molar refractivity (Wildman–Crippen MR) is 122 cm³/mol. The molecule has 32 heavy (non-hydrogen) atoms. The molecule has 7 heteroatoms. The van der Waals surface area contributed by atoms with Gasteiger partial charge in [0.2, 0.25) is 11.8 Å². The largest absolute Gasteiger partial charge is 0.493 e. The second-order valence-corrected chi connectivity index (χ2v) is 8.30. The quantitative estimate of drug-likeness (QED) is 0.720. The molecule has 0 spiro atoms. The van der Waals surface area contributed by atoms with Crippen molar-refractivity contribution in [3.8, 4) is 11.5 Å². The molecule has 1 N–H and O–H groups in total. The molecule has 0 radical (unpaired) electrons. The smallest absolute Gasteiger partial charge is 0.241 e. The molecule has 0 aliphatic carbocycles. The zero-order chi connectivity index (χ0) is 22.5. The van der Waals surface area contributed by atoms with Crippen molar-refractivity contribution in [2.24, 2.45) is 0 Å². The van der Waals surface area contributed by atoms with Crippen molar-refractivity contribution < 1.29 is 19.1 Å². The molecule has 1 saturated heterocycles. The molecule has 0 aromatic heterocycles. The minimum atomic E-state index is -0.137. The Bertz CT molecular complexity index is 957. The van der Waals surface area contributed by atoms with Crippen molar-refractivity contribution in [1.29, 1.82) is 0 Å². The van der Waals surface area contributed by atoms with E-state index < -0.39 is 0 Å². The van der Waals surface area contributed by atoms with E-state index in [9.17, 15) is 9.59 Å². The van der Waals surface area contributed by atoms with E-state index in [1.54, 1.807) is 14.2 Å². The third-order valence-corrected chi connectivity index (χ3v) is 6.33. The Kier molecular flexibility index (Phi) is 6.95. The summed E-state index contributed by atoms with van der Waals surface area (Å²) in [4.78, 5) is 29.1. The minimum Gasteiger partial charge on any atom is -0.493 e. The first-order valence-corrected chi connectivity index (χ1v) is 11.2. The topological polar surface area (TPSA) is 71.1 Å². The Labute approximate surface area is 189 Å². The maximum atomic E-state index is 12.8. The monoisotopic (exact) mass is 437 g/mol. The van der Waals surface area contributed by atoms with Crippen molar-refractivity contribution in [1.82, 2.24) is 15.1 Å². The van der Waals surface area contributed by atoms with Gasteiger partial charge in [-0.2, -0.15) is 0 Å². The molecule has 1 fully saturated rings. The average Bonchev–Trinajstić information content (AvgIpc) is 3.37. The third-order valence-electron chi connectivity index (χ3n) is 6.33. The number of amides is 2. The summed E-state index contributed by atoms with van der Waals surface area (Å²) >= 11 is 0. The van der Waals surface area contributed by atoms with Crippen LogP contribution in [0, 0.1) is 0 Å². The molecule has 1 atom stereocenters. The van der Waals surface area contributed by atoms with Gasteiger partial charge in [-0.25, -0.2) is 0 Å². The van der Waals surface area contributed by atoms with Gasteiger partial charge in [0.25, 0.3) is 0 Å². The van der Waals surface area contributed by atoms with E-state index in [0.29, 0.717) is 11.5 Å². The van der Waals surface area contributed by atoms with Gasteiger partial charge in [-0.05, 0) is 48.1 Å². The summed E-state index contributed by atoms with van der Waals surface area (Å²) in [7, 11) is 3.27. The number of likely N-dealkylation sites (tertiary alicyclic amines) is 1. The van der Waals surface area contributed by atoms with Crippen LogP contribution in [0.1, 0.15) is 35.6 Å². The zero-order valence-corrected chi connectivity index (χ0v) is 18.8. The maximum absolute atomic E-state index is 12.8. The number of carbonyl (C=O) groups is 2. The molecule has 7 nitrogen and oxygen atoms in total. The number of methoxy groups -OCH3 is 2. The van der Waals surface area contributed by atoms with Crippen LogP contribution in [-0.4, -0.2) is 68.6 Å². The van der Waals surface area contributed by atoms with Crippen LogP contribution >= 0.6 is 0 Å². The molecule has 0 saturated carbocycles. The average molecular weight is 438 g/mol.